The fraction of sp³-hybridized carbons (Fsp3) is 0.545. The number of nitrogens with zero attached hydrogens (tertiary/aromatic N) is 2. The number of hydrogen-bond donors (Lipinski definition) is 2. The molecule has 2 heterocycles. The molecule has 0 radical (unpaired) electrons. The van der Waals surface area contributed by atoms with E-state index >= 15 is 0 Å². The second-order valence-electron chi connectivity index (χ2n) is 4.43. The van der Waals surface area contributed by atoms with Crippen LogP contribution in [0.15, 0.2) is 12.3 Å². The zero-order valence-corrected chi connectivity index (χ0v) is 10.6. The van der Waals surface area contributed by atoms with Crippen molar-refractivity contribution in [2.75, 3.05) is 18.5 Å². The number of rotatable bonds is 3. The number of aromatic nitrogens is 2. The smallest absolute Gasteiger partial charge is 0.223 e. The van der Waals surface area contributed by atoms with Gasteiger partial charge in [-0.3, -0.25) is 0 Å². The van der Waals surface area contributed by atoms with Crippen molar-refractivity contribution >= 4 is 23.2 Å². The van der Waals surface area contributed by atoms with E-state index in [1.807, 2.05) is 0 Å². The van der Waals surface area contributed by atoms with E-state index in [9.17, 15) is 0 Å². The van der Waals surface area contributed by atoms with E-state index in [2.05, 4.69) is 22.2 Å². The first-order chi connectivity index (χ1) is 8.09. The summed E-state index contributed by atoms with van der Waals surface area (Å²) < 4.78 is 5.34. The molecule has 1 fully saturated rings. The van der Waals surface area contributed by atoms with E-state index in [4.69, 9.17) is 22.7 Å². The third-order valence-electron chi connectivity index (χ3n) is 2.92. The molecule has 0 saturated carbocycles. The average Bonchev–Trinajstić information content (AvgIpc) is 2.29. The molecular weight excluding hydrogens is 236 g/mol. The molecule has 5 nitrogen and oxygen atoms in total. The van der Waals surface area contributed by atoms with Crippen molar-refractivity contribution in [1.82, 2.24) is 9.97 Å². The fourth-order valence-corrected chi connectivity index (χ4v) is 1.89. The predicted octanol–water partition coefficient (Wildman–Crippen LogP) is 1.09. The van der Waals surface area contributed by atoms with Crippen LogP contribution >= 0.6 is 12.2 Å². The number of anilines is 1. The van der Waals surface area contributed by atoms with Crippen LogP contribution in [0.5, 0.6) is 0 Å². The van der Waals surface area contributed by atoms with Crippen molar-refractivity contribution in [3.63, 3.8) is 0 Å². The van der Waals surface area contributed by atoms with Crippen LogP contribution in [0.4, 0.5) is 5.95 Å². The molecule has 1 saturated heterocycles. The van der Waals surface area contributed by atoms with Gasteiger partial charge in [-0.25, -0.2) is 9.97 Å². The first-order valence-corrected chi connectivity index (χ1v) is 5.99. The Morgan fingerprint density at radius 1 is 1.53 bits per heavy atom. The molecule has 0 atom stereocenters. The Balaban J connectivity index is 2.12. The van der Waals surface area contributed by atoms with Gasteiger partial charge in [-0.2, -0.15) is 0 Å². The summed E-state index contributed by atoms with van der Waals surface area (Å²) in [5.41, 5.74) is 6.11. The van der Waals surface area contributed by atoms with Crippen LogP contribution in [-0.4, -0.2) is 33.7 Å². The van der Waals surface area contributed by atoms with Gasteiger partial charge in [0.25, 0.3) is 0 Å². The first-order valence-electron chi connectivity index (χ1n) is 5.58. The van der Waals surface area contributed by atoms with Crippen LogP contribution in [0.3, 0.4) is 0 Å². The van der Waals surface area contributed by atoms with Gasteiger partial charge in [0.15, 0.2) is 0 Å². The summed E-state index contributed by atoms with van der Waals surface area (Å²) in [5, 5.41) is 3.34. The summed E-state index contributed by atoms with van der Waals surface area (Å²) in [6, 6.07) is 1.71. The molecule has 2 rings (SSSR count). The van der Waals surface area contributed by atoms with Gasteiger partial charge in [0, 0.05) is 24.9 Å². The number of thiocarbonyl (C=S) groups is 1. The molecular formula is C11H16N4OS. The molecule has 6 heteroatoms. The van der Waals surface area contributed by atoms with Crippen LogP contribution < -0.4 is 11.1 Å². The van der Waals surface area contributed by atoms with Crippen molar-refractivity contribution in [1.29, 1.82) is 0 Å². The van der Waals surface area contributed by atoms with Gasteiger partial charge in [0.05, 0.1) is 0 Å². The zero-order valence-electron chi connectivity index (χ0n) is 9.77. The largest absolute Gasteiger partial charge is 0.388 e. The highest BCUT2D eigenvalue weighted by molar-refractivity contribution is 7.80. The van der Waals surface area contributed by atoms with E-state index in [1.54, 1.807) is 12.3 Å². The molecule has 92 valence electrons. The van der Waals surface area contributed by atoms with Crippen molar-refractivity contribution in [3.05, 3.63) is 18.0 Å². The third kappa shape index (κ3) is 3.10. The molecule has 17 heavy (non-hydrogen) atoms. The quantitative estimate of drug-likeness (QED) is 0.785. The van der Waals surface area contributed by atoms with Crippen LogP contribution in [0, 0.1) is 0 Å². The monoisotopic (exact) mass is 252 g/mol. The van der Waals surface area contributed by atoms with E-state index in [0.29, 0.717) is 11.6 Å². The Labute approximate surface area is 106 Å². The normalized spacial score (nSPS) is 18.6. The highest BCUT2D eigenvalue weighted by Gasteiger charge is 2.27. The molecule has 1 aliphatic rings. The van der Waals surface area contributed by atoms with Crippen molar-refractivity contribution < 1.29 is 4.74 Å². The summed E-state index contributed by atoms with van der Waals surface area (Å²) >= 11 is 4.89. The average molecular weight is 252 g/mol. The molecule has 0 unspecified atom stereocenters. The SMILES string of the molecule is CC1(Nc2nccc(C(N)=S)n2)CCOCC1. The summed E-state index contributed by atoms with van der Waals surface area (Å²) in [5.74, 6) is 0.569. The molecule has 1 aromatic heterocycles. The molecule has 0 amide bonds. The van der Waals surface area contributed by atoms with Gasteiger partial charge < -0.3 is 15.8 Å². The lowest BCUT2D eigenvalue weighted by molar-refractivity contribution is 0.0656. The lowest BCUT2D eigenvalue weighted by Gasteiger charge is -2.34. The fourth-order valence-electron chi connectivity index (χ4n) is 1.77. The molecule has 0 spiro atoms. The number of hydrogen-bond acceptors (Lipinski definition) is 5. The van der Waals surface area contributed by atoms with Gasteiger partial charge >= 0.3 is 0 Å². The maximum Gasteiger partial charge on any atom is 0.223 e. The van der Waals surface area contributed by atoms with E-state index in [0.717, 1.165) is 26.1 Å². The topological polar surface area (TPSA) is 73.1 Å². The van der Waals surface area contributed by atoms with Crippen LogP contribution in [0.1, 0.15) is 25.5 Å². The Morgan fingerprint density at radius 2 is 2.24 bits per heavy atom. The van der Waals surface area contributed by atoms with Crippen molar-refractivity contribution in [3.8, 4) is 0 Å². The number of nitrogens with two attached hydrogens (primary N) is 1. The second kappa shape index (κ2) is 4.93. The lowest BCUT2D eigenvalue weighted by Crippen LogP contribution is -2.41. The van der Waals surface area contributed by atoms with Crippen LogP contribution in [0.25, 0.3) is 0 Å². The van der Waals surface area contributed by atoms with Gasteiger partial charge in [0.2, 0.25) is 5.95 Å². The Kier molecular flexibility index (Phi) is 3.54. The zero-order chi connectivity index (χ0) is 12.3. The Bertz CT molecular complexity index is 418. The Hall–Kier alpha value is -1.27. The van der Waals surface area contributed by atoms with Gasteiger partial charge in [-0.15, -0.1) is 0 Å². The minimum atomic E-state index is -0.0207. The molecule has 1 aliphatic heterocycles. The maximum atomic E-state index is 5.54. The Morgan fingerprint density at radius 3 is 2.88 bits per heavy atom. The second-order valence-corrected chi connectivity index (χ2v) is 4.87. The molecule has 3 N–H and O–H groups in total. The maximum absolute atomic E-state index is 5.54. The van der Waals surface area contributed by atoms with Gasteiger partial charge in [-0.05, 0) is 25.8 Å². The van der Waals surface area contributed by atoms with Crippen LogP contribution in [0.2, 0.25) is 0 Å². The number of ether oxygens (including phenoxy) is 1. The van der Waals surface area contributed by atoms with E-state index < -0.39 is 0 Å². The predicted molar refractivity (Wildman–Crippen MR) is 70.0 cm³/mol. The number of nitrogens with one attached hydrogen (secondary N) is 1. The van der Waals surface area contributed by atoms with Gasteiger partial charge in [-0.1, -0.05) is 12.2 Å². The molecule has 0 aliphatic carbocycles. The minimum absolute atomic E-state index is 0.0207. The lowest BCUT2D eigenvalue weighted by atomic mass is 9.93. The van der Waals surface area contributed by atoms with Gasteiger partial charge in [0.1, 0.15) is 10.7 Å². The molecule has 0 aromatic carbocycles. The highest BCUT2D eigenvalue weighted by atomic mass is 32.1. The third-order valence-corrected chi connectivity index (χ3v) is 3.13. The minimum Gasteiger partial charge on any atom is -0.388 e. The summed E-state index contributed by atoms with van der Waals surface area (Å²) in [6.07, 6.45) is 3.54. The summed E-state index contributed by atoms with van der Waals surface area (Å²) in [7, 11) is 0. The summed E-state index contributed by atoms with van der Waals surface area (Å²) in [6.45, 7) is 3.67. The molecule has 0 bridgehead atoms. The van der Waals surface area contributed by atoms with Crippen LogP contribution in [-0.2, 0) is 4.74 Å². The summed E-state index contributed by atoms with van der Waals surface area (Å²) in [4.78, 5) is 8.75. The van der Waals surface area contributed by atoms with Crippen molar-refractivity contribution in [2.24, 2.45) is 5.73 Å². The standard InChI is InChI=1S/C11H16N4OS/c1-11(3-6-16-7-4-11)15-10-13-5-2-8(14-10)9(12)17/h2,5H,3-4,6-7H2,1H3,(H2,12,17)(H,13,14,15). The molecule has 1 aromatic rings. The van der Waals surface area contributed by atoms with E-state index in [-0.39, 0.29) is 10.5 Å². The van der Waals surface area contributed by atoms with Crippen molar-refractivity contribution in [2.45, 2.75) is 25.3 Å². The van der Waals surface area contributed by atoms with E-state index in [1.165, 1.54) is 0 Å². The first kappa shape index (κ1) is 12.2. The highest BCUT2D eigenvalue weighted by Crippen LogP contribution is 2.23.